The van der Waals surface area contributed by atoms with Crippen LogP contribution in [-0.4, -0.2) is 104 Å². The molecule has 272 valence electrons. The van der Waals surface area contributed by atoms with Crippen molar-refractivity contribution in [3.8, 4) is 22.6 Å². The number of aromatic nitrogens is 5. The van der Waals surface area contributed by atoms with Gasteiger partial charge >= 0.3 is 0 Å². The molecule has 2 saturated heterocycles. The number of amides is 3. The second kappa shape index (κ2) is 14.9. The van der Waals surface area contributed by atoms with E-state index in [0.29, 0.717) is 55.5 Å². The second-order valence-corrected chi connectivity index (χ2v) is 13.6. The van der Waals surface area contributed by atoms with E-state index in [-0.39, 0.29) is 42.7 Å². The Hall–Kier alpha value is -6.09. The molecule has 0 aliphatic carbocycles. The van der Waals surface area contributed by atoms with E-state index in [9.17, 15) is 18.8 Å². The number of H-pyrrole nitrogens is 1. The van der Waals surface area contributed by atoms with Gasteiger partial charge in [0.05, 0.1) is 23.5 Å². The van der Waals surface area contributed by atoms with Gasteiger partial charge in [0.1, 0.15) is 17.1 Å². The van der Waals surface area contributed by atoms with Crippen LogP contribution < -0.4 is 15.6 Å². The first kappa shape index (κ1) is 35.3. The second-order valence-electron chi connectivity index (χ2n) is 13.6. The summed E-state index contributed by atoms with van der Waals surface area (Å²) in [5.41, 5.74) is 5.29. The van der Waals surface area contributed by atoms with Crippen LogP contribution in [0.1, 0.15) is 27.2 Å². The third-order valence-corrected chi connectivity index (χ3v) is 10.00. The predicted octanol–water partition coefficient (Wildman–Crippen LogP) is 4.10. The van der Waals surface area contributed by atoms with Crippen molar-refractivity contribution in [2.24, 2.45) is 10.5 Å². The number of anilines is 2. The zero-order valence-electron chi connectivity index (χ0n) is 29.7. The van der Waals surface area contributed by atoms with E-state index < -0.39 is 5.41 Å². The SMILES string of the molecule is CC(=O)N/N=C(\C)C1(C(=O)Nc2ccc3[nH]nc(-c4ccc(F)cc4)c3c2)CCN(CC(=O)N2CCN(c3ccc(-c4ncccn4)cn3)CC2C)C1. The van der Waals surface area contributed by atoms with E-state index >= 15 is 0 Å². The number of rotatable bonds is 9. The van der Waals surface area contributed by atoms with Gasteiger partial charge in [-0.05, 0) is 80.9 Å². The van der Waals surface area contributed by atoms with Crippen molar-refractivity contribution in [1.29, 1.82) is 0 Å². The molecule has 3 aromatic heterocycles. The van der Waals surface area contributed by atoms with Gasteiger partial charge < -0.3 is 15.1 Å². The Balaban J connectivity index is 1.03. The van der Waals surface area contributed by atoms with Crippen molar-refractivity contribution >= 4 is 45.8 Å². The van der Waals surface area contributed by atoms with Crippen LogP contribution in [0, 0.1) is 11.2 Å². The van der Waals surface area contributed by atoms with Crippen LogP contribution in [0.5, 0.6) is 0 Å². The highest BCUT2D eigenvalue weighted by Crippen LogP contribution is 2.35. The first-order valence-corrected chi connectivity index (χ1v) is 17.5. The molecule has 2 fully saturated rings. The van der Waals surface area contributed by atoms with Crippen LogP contribution in [-0.2, 0) is 14.4 Å². The Kier molecular flexibility index (Phi) is 9.91. The molecule has 0 bridgehead atoms. The lowest BCUT2D eigenvalue weighted by Crippen LogP contribution is -2.56. The molecule has 5 heterocycles. The number of halogens is 1. The highest BCUT2D eigenvalue weighted by Gasteiger charge is 2.48. The fourth-order valence-corrected chi connectivity index (χ4v) is 7.08. The summed E-state index contributed by atoms with van der Waals surface area (Å²) in [5.74, 6) is 0.420. The fourth-order valence-electron chi connectivity index (χ4n) is 7.08. The third kappa shape index (κ3) is 7.46. The van der Waals surface area contributed by atoms with E-state index in [1.165, 1.54) is 19.1 Å². The molecule has 2 unspecified atom stereocenters. The van der Waals surface area contributed by atoms with Gasteiger partial charge in [0.15, 0.2) is 5.82 Å². The van der Waals surface area contributed by atoms with Crippen molar-refractivity contribution in [3.63, 3.8) is 0 Å². The molecule has 5 aromatic rings. The molecule has 2 aliphatic rings. The minimum atomic E-state index is -1.11. The number of likely N-dealkylation sites (tertiary alicyclic amines) is 1. The lowest BCUT2D eigenvalue weighted by molar-refractivity contribution is -0.135. The van der Waals surface area contributed by atoms with Gasteiger partial charge in [0, 0.05) is 86.5 Å². The van der Waals surface area contributed by atoms with Crippen molar-refractivity contribution < 1.29 is 18.8 Å². The molecule has 0 saturated carbocycles. The number of fused-ring (bicyclic) bond motifs is 1. The first-order valence-electron chi connectivity index (χ1n) is 17.5. The normalized spacial score (nSPS) is 19.4. The quantitative estimate of drug-likeness (QED) is 0.150. The summed E-state index contributed by atoms with van der Waals surface area (Å²) in [5, 5.41) is 15.5. The van der Waals surface area contributed by atoms with Crippen LogP contribution in [0.25, 0.3) is 33.5 Å². The van der Waals surface area contributed by atoms with Crippen LogP contribution in [0.2, 0.25) is 0 Å². The van der Waals surface area contributed by atoms with Gasteiger partial charge in [0.25, 0.3) is 0 Å². The summed E-state index contributed by atoms with van der Waals surface area (Å²) in [6, 6.07) is 17.1. The number of carbonyl (C=O) groups excluding carboxylic acids is 3. The number of piperazine rings is 1. The molecular weight excluding hydrogens is 677 g/mol. The summed E-state index contributed by atoms with van der Waals surface area (Å²) in [6.45, 7) is 7.75. The maximum atomic E-state index is 14.2. The largest absolute Gasteiger partial charge is 0.353 e. The van der Waals surface area contributed by atoms with Crippen molar-refractivity contribution in [3.05, 3.63) is 85.1 Å². The van der Waals surface area contributed by atoms with Crippen LogP contribution in [0.3, 0.4) is 0 Å². The van der Waals surface area contributed by atoms with E-state index in [4.69, 9.17) is 0 Å². The fraction of sp³-hybridized carbons (Fsp3) is 0.316. The Labute approximate surface area is 305 Å². The molecule has 14 nitrogen and oxygen atoms in total. The third-order valence-electron chi connectivity index (χ3n) is 10.00. The zero-order valence-corrected chi connectivity index (χ0v) is 29.7. The average molecular weight is 718 g/mol. The number of nitrogens with one attached hydrogen (secondary N) is 3. The number of hydrogen-bond donors (Lipinski definition) is 3. The van der Waals surface area contributed by atoms with Gasteiger partial charge in [-0.15, -0.1) is 0 Å². The molecule has 15 heteroatoms. The summed E-state index contributed by atoms with van der Waals surface area (Å²) in [6.07, 6.45) is 5.56. The summed E-state index contributed by atoms with van der Waals surface area (Å²) in [7, 11) is 0. The zero-order chi connectivity index (χ0) is 37.1. The standard InChI is InChI=1S/C38H40FN11O3/c1-24-21-49(33-12-7-28(20-42-33)36-40-14-4-15-41-36)17-18-50(24)34(52)22-48-16-13-38(23-48,25(2)44-45-26(3)51)37(53)43-30-10-11-32-31(19-30)35(47-46-32)27-5-8-29(39)9-6-27/h4-12,14-15,19-20,24H,13,16-18,21-23H2,1-3H3,(H,43,53)(H,45,51)(H,46,47)/b44-25+. The monoisotopic (exact) mass is 717 g/mol. The topological polar surface area (TPSA) is 165 Å². The Morgan fingerprint density at radius 1 is 0.981 bits per heavy atom. The highest BCUT2D eigenvalue weighted by molar-refractivity contribution is 6.13. The molecule has 3 amide bonds. The number of nitrogens with zero attached hydrogens (tertiary/aromatic N) is 8. The summed E-state index contributed by atoms with van der Waals surface area (Å²) in [4.78, 5) is 59.0. The lowest BCUT2D eigenvalue weighted by atomic mass is 9.81. The summed E-state index contributed by atoms with van der Waals surface area (Å²) < 4.78 is 13.6. The van der Waals surface area contributed by atoms with Gasteiger partial charge in [-0.25, -0.2) is 24.8 Å². The van der Waals surface area contributed by atoms with Gasteiger partial charge in [-0.1, -0.05) is 0 Å². The molecule has 0 spiro atoms. The molecule has 7 rings (SSSR count). The van der Waals surface area contributed by atoms with E-state index in [2.05, 4.69) is 45.9 Å². The van der Waals surface area contributed by atoms with Gasteiger partial charge in [-0.2, -0.15) is 10.2 Å². The average Bonchev–Trinajstić information content (AvgIpc) is 3.80. The molecule has 2 aromatic carbocycles. The molecule has 2 atom stereocenters. The smallest absolute Gasteiger partial charge is 0.237 e. The van der Waals surface area contributed by atoms with Crippen molar-refractivity contribution in [2.75, 3.05) is 49.5 Å². The molecule has 2 aliphatic heterocycles. The van der Waals surface area contributed by atoms with Gasteiger partial charge in [-0.3, -0.25) is 24.4 Å². The maximum Gasteiger partial charge on any atom is 0.237 e. The molecular formula is C38H40FN11O3. The lowest BCUT2D eigenvalue weighted by Gasteiger charge is -2.41. The van der Waals surface area contributed by atoms with Crippen LogP contribution >= 0.6 is 0 Å². The van der Waals surface area contributed by atoms with E-state index in [0.717, 1.165) is 27.8 Å². The minimum absolute atomic E-state index is 0.0203. The predicted molar refractivity (Wildman–Crippen MR) is 199 cm³/mol. The maximum absolute atomic E-state index is 14.2. The molecule has 0 radical (unpaired) electrons. The number of hydrazone groups is 1. The van der Waals surface area contributed by atoms with Crippen molar-refractivity contribution in [2.45, 2.75) is 33.2 Å². The molecule has 53 heavy (non-hydrogen) atoms. The van der Waals surface area contributed by atoms with E-state index in [1.807, 2.05) is 41.0 Å². The number of aromatic amines is 1. The number of carbonyl (C=O) groups is 3. The minimum Gasteiger partial charge on any atom is -0.353 e. The van der Waals surface area contributed by atoms with E-state index in [1.54, 1.807) is 49.8 Å². The number of pyridine rings is 1. The Morgan fingerprint density at radius 3 is 2.47 bits per heavy atom. The van der Waals surface area contributed by atoms with Crippen LogP contribution in [0.4, 0.5) is 15.9 Å². The number of benzene rings is 2. The van der Waals surface area contributed by atoms with Gasteiger partial charge in [0.2, 0.25) is 17.7 Å². The first-order chi connectivity index (χ1) is 25.6. The molecule has 3 N–H and O–H groups in total. The Morgan fingerprint density at radius 2 is 1.75 bits per heavy atom. The van der Waals surface area contributed by atoms with Crippen LogP contribution in [0.15, 0.2) is 84.4 Å². The highest BCUT2D eigenvalue weighted by atomic mass is 19.1. The van der Waals surface area contributed by atoms with Crippen molar-refractivity contribution in [1.82, 2.24) is 40.4 Å². The summed E-state index contributed by atoms with van der Waals surface area (Å²) >= 11 is 0. The Bertz CT molecular complexity index is 2160. The number of hydrogen-bond acceptors (Lipinski definition) is 10.